The summed E-state index contributed by atoms with van der Waals surface area (Å²) in [5, 5.41) is 17.0. The van der Waals surface area contributed by atoms with Crippen LogP contribution in [0.1, 0.15) is 35.4 Å². The van der Waals surface area contributed by atoms with Gasteiger partial charge in [0.2, 0.25) is 0 Å². The maximum Gasteiger partial charge on any atom is 0.173 e. The van der Waals surface area contributed by atoms with Gasteiger partial charge >= 0.3 is 0 Å². The monoisotopic (exact) mass is 305 g/mol. The smallest absolute Gasteiger partial charge is 0.173 e. The van der Waals surface area contributed by atoms with Gasteiger partial charge in [0, 0.05) is 5.69 Å². The molecular weight excluding hydrogens is 290 g/mol. The third-order valence-electron chi connectivity index (χ3n) is 3.72. The molecule has 0 spiro atoms. The van der Waals surface area contributed by atoms with E-state index in [9.17, 15) is 0 Å². The number of halogens is 1. The van der Waals surface area contributed by atoms with Gasteiger partial charge in [0.1, 0.15) is 0 Å². The molecule has 2 aromatic rings. The van der Waals surface area contributed by atoms with Gasteiger partial charge in [0.25, 0.3) is 0 Å². The number of aromatic nitrogens is 3. The molecule has 0 amide bonds. The molecule has 2 heterocycles. The summed E-state index contributed by atoms with van der Waals surface area (Å²) in [7, 11) is 0. The third-order valence-corrected chi connectivity index (χ3v) is 4.09. The molecular formula is C14H16ClN5O. The lowest BCUT2D eigenvalue weighted by Crippen LogP contribution is -2.20. The van der Waals surface area contributed by atoms with Crippen LogP contribution in [-0.4, -0.2) is 25.8 Å². The van der Waals surface area contributed by atoms with E-state index in [2.05, 4.69) is 15.2 Å². The van der Waals surface area contributed by atoms with Crippen molar-refractivity contribution in [3.63, 3.8) is 0 Å². The highest BCUT2D eigenvalue weighted by molar-refractivity contribution is 6.31. The number of hydrogen-bond donors (Lipinski definition) is 2. The maximum atomic E-state index is 9.00. The number of fused-ring (bicyclic) bond motifs is 1. The SMILES string of the molecule is Cc1nn(-c2nc3c(cc2C(N)=NO)CCCC3)cc1Cl. The van der Waals surface area contributed by atoms with Crippen LogP contribution in [-0.2, 0) is 12.8 Å². The Bertz CT molecular complexity index is 703. The molecule has 2 aromatic heterocycles. The molecule has 3 N–H and O–H groups in total. The molecule has 1 aliphatic rings. The van der Waals surface area contributed by atoms with Crippen LogP contribution in [0, 0.1) is 6.92 Å². The Balaban J connectivity index is 2.21. The van der Waals surface area contributed by atoms with E-state index in [1.165, 1.54) is 0 Å². The third kappa shape index (κ3) is 2.47. The first-order valence-electron chi connectivity index (χ1n) is 6.83. The van der Waals surface area contributed by atoms with Gasteiger partial charge in [-0.25, -0.2) is 9.67 Å². The standard InChI is InChI=1S/C14H16ClN5O/c1-8-11(15)7-20(18-8)14-10(13(16)19-21)6-9-4-2-3-5-12(9)17-14/h6-7,21H,2-5H2,1H3,(H2,16,19). The summed E-state index contributed by atoms with van der Waals surface area (Å²) in [5.74, 6) is 0.566. The Morgan fingerprint density at radius 2 is 2.19 bits per heavy atom. The lowest BCUT2D eigenvalue weighted by atomic mass is 9.94. The summed E-state index contributed by atoms with van der Waals surface area (Å²) in [4.78, 5) is 4.68. The highest BCUT2D eigenvalue weighted by Crippen LogP contribution is 2.25. The highest BCUT2D eigenvalue weighted by Gasteiger charge is 2.19. The van der Waals surface area contributed by atoms with Crippen LogP contribution in [0.2, 0.25) is 5.02 Å². The minimum Gasteiger partial charge on any atom is -0.409 e. The van der Waals surface area contributed by atoms with E-state index in [1.807, 2.05) is 13.0 Å². The summed E-state index contributed by atoms with van der Waals surface area (Å²) < 4.78 is 1.58. The molecule has 0 aliphatic heterocycles. The molecule has 0 saturated carbocycles. The quantitative estimate of drug-likeness (QED) is 0.385. The zero-order chi connectivity index (χ0) is 15.0. The summed E-state index contributed by atoms with van der Waals surface area (Å²) in [5.41, 5.74) is 9.28. The van der Waals surface area contributed by atoms with E-state index in [-0.39, 0.29) is 5.84 Å². The molecule has 3 rings (SSSR count). The molecule has 0 fully saturated rings. The van der Waals surface area contributed by atoms with Gasteiger partial charge in [0.15, 0.2) is 11.7 Å². The molecule has 0 bridgehead atoms. The van der Waals surface area contributed by atoms with Crippen LogP contribution >= 0.6 is 11.6 Å². The number of nitrogens with two attached hydrogens (primary N) is 1. The van der Waals surface area contributed by atoms with Crippen LogP contribution in [0.3, 0.4) is 0 Å². The predicted octanol–water partition coefficient (Wildman–Crippen LogP) is 2.20. The zero-order valence-electron chi connectivity index (χ0n) is 11.7. The predicted molar refractivity (Wildman–Crippen MR) is 80.3 cm³/mol. The van der Waals surface area contributed by atoms with Gasteiger partial charge < -0.3 is 10.9 Å². The number of oxime groups is 1. The summed E-state index contributed by atoms with van der Waals surface area (Å²) in [6.07, 6.45) is 5.85. The number of hydrogen-bond acceptors (Lipinski definition) is 4. The molecule has 7 heteroatoms. The van der Waals surface area contributed by atoms with Crippen LogP contribution in [0.15, 0.2) is 17.4 Å². The Hall–Kier alpha value is -2.08. The Morgan fingerprint density at radius 1 is 1.43 bits per heavy atom. The van der Waals surface area contributed by atoms with E-state index in [0.29, 0.717) is 22.1 Å². The van der Waals surface area contributed by atoms with E-state index >= 15 is 0 Å². The largest absolute Gasteiger partial charge is 0.409 e. The van der Waals surface area contributed by atoms with Crippen molar-refractivity contribution in [1.82, 2.24) is 14.8 Å². The molecule has 0 saturated heterocycles. The Kier molecular flexibility index (Phi) is 3.55. The fraction of sp³-hybridized carbons (Fsp3) is 0.357. The maximum absolute atomic E-state index is 9.00. The van der Waals surface area contributed by atoms with Crippen LogP contribution < -0.4 is 5.73 Å². The molecule has 0 atom stereocenters. The lowest BCUT2D eigenvalue weighted by Gasteiger charge is -2.18. The number of nitrogens with zero attached hydrogens (tertiary/aromatic N) is 4. The van der Waals surface area contributed by atoms with Gasteiger partial charge in [-0.2, -0.15) is 5.10 Å². The van der Waals surface area contributed by atoms with Gasteiger partial charge in [0.05, 0.1) is 22.5 Å². The van der Waals surface area contributed by atoms with Gasteiger partial charge in [-0.1, -0.05) is 16.8 Å². The number of pyridine rings is 1. The lowest BCUT2D eigenvalue weighted by molar-refractivity contribution is 0.318. The molecule has 21 heavy (non-hydrogen) atoms. The average Bonchev–Trinajstić information content (AvgIpc) is 2.84. The molecule has 1 aliphatic carbocycles. The Morgan fingerprint density at radius 3 is 2.86 bits per heavy atom. The minimum absolute atomic E-state index is 0.0233. The van der Waals surface area contributed by atoms with E-state index in [0.717, 1.165) is 36.9 Å². The first-order valence-corrected chi connectivity index (χ1v) is 7.20. The number of rotatable bonds is 2. The van der Waals surface area contributed by atoms with Crippen molar-refractivity contribution in [3.8, 4) is 5.82 Å². The molecule has 110 valence electrons. The number of aryl methyl sites for hydroxylation is 3. The van der Waals surface area contributed by atoms with Crippen molar-refractivity contribution in [2.75, 3.05) is 0 Å². The number of amidine groups is 1. The first kappa shape index (κ1) is 13.9. The average molecular weight is 306 g/mol. The van der Waals surface area contributed by atoms with Crippen molar-refractivity contribution in [2.45, 2.75) is 32.6 Å². The van der Waals surface area contributed by atoms with Crippen molar-refractivity contribution in [2.24, 2.45) is 10.9 Å². The van der Waals surface area contributed by atoms with Crippen LogP contribution in [0.5, 0.6) is 0 Å². The van der Waals surface area contributed by atoms with Crippen LogP contribution in [0.4, 0.5) is 0 Å². The molecule has 0 aromatic carbocycles. The van der Waals surface area contributed by atoms with Gasteiger partial charge in [-0.05, 0) is 44.2 Å². The second-order valence-corrected chi connectivity index (χ2v) is 5.57. The highest BCUT2D eigenvalue weighted by atomic mass is 35.5. The summed E-state index contributed by atoms with van der Waals surface area (Å²) in [6, 6.07) is 1.94. The van der Waals surface area contributed by atoms with Crippen molar-refractivity contribution in [1.29, 1.82) is 0 Å². The second kappa shape index (κ2) is 5.37. The van der Waals surface area contributed by atoms with Gasteiger partial charge in [-0.3, -0.25) is 0 Å². The van der Waals surface area contributed by atoms with E-state index in [4.69, 9.17) is 22.5 Å². The van der Waals surface area contributed by atoms with E-state index < -0.39 is 0 Å². The van der Waals surface area contributed by atoms with Crippen molar-refractivity contribution < 1.29 is 5.21 Å². The molecule has 0 unspecified atom stereocenters. The zero-order valence-corrected chi connectivity index (χ0v) is 12.4. The fourth-order valence-corrected chi connectivity index (χ4v) is 2.72. The minimum atomic E-state index is 0.0233. The topological polar surface area (TPSA) is 89.3 Å². The Labute approximate surface area is 127 Å². The molecule has 6 nitrogen and oxygen atoms in total. The van der Waals surface area contributed by atoms with Crippen LogP contribution in [0.25, 0.3) is 5.82 Å². The molecule has 0 radical (unpaired) electrons. The van der Waals surface area contributed by atoms with Crippen molar-refractivity contribution in [3.05, 3.63) is 39.8 Å². The summed E-state index contributed by atoms with van der Waals surface area (Å²) in [6.45, 7) is 1.82. The van der Waals surface area contributed by atoms with Gasteiger partial charge in [-0.15, -0.1) is 0 Å². The normalized spacial score (nSPS) is 15.0. The van der Waals surface area contributed by atoms with Crippen molar-refractivity contribution >= 4 is 17.4 Å². The summed E-state index contributed by atoms with van der Waals surface area (Å²) >= 11 is 6.07. The first-order chi connectivity index (χ1) is 10.1. The fourth-order valence-electron chi connectivity index (χ4n) is 2.59. The van der Waals surface area contributed by atoms with E-state index in [1.54, 1.807) is 10.9 Å². The second-order valence-electron chi connectivity index (χ2n) is 5.16.